The molecule has 0 radical (unpaired) electrons. The Bertz CT molecular complexity index is 627. The van der Waals surface area contributed by atoms with Gasteiger partial charge in [0, 0.05) is 32.1 Å². The molecule has 0 spiro atoms. The highest BCUT2D eigenvalue weighted by molar-refractivity contribution is 7.89. The molecule has 0 aliphatic carbocycles. The molecule has 1 atom stereocenters. The highest BCUT2D eigenvalue weighted by Crippen LogP contribution is 2.13. The van der Waals surface area contributed by atoms with Crippen molar-refractivity contribution >= 4 is 28.3 Å². The van der Waals surface area contributed by atoms with Crippen molar-refractivity contribution in [1.82, 2.24) is 9.62 Å². The van der Waals surface area contributed by atoms with Gasteiger partial charge in [-0.3, -0.25) is 4.79 Å². The molecular formula is C13H19ClFN3O3S. The second-order valence-corrected chi connectivity index (χ2v) is 6.70. The van der Waals surface area contributed by atoms with Crippen molar-refractivity contribution in [2.24, 2.45) is 5.73 Å². The first-order valence-electron chi connectivity index (χ1n) is 6.68. The summed E-state index contributed by atoms with van der Waals surface area (Å²) in [6.45, 7) is 1.03. The molecule has 0 aromatic heterocycles. The number of amides is 1. The average molecular weight is 352 g/mol. The molecule has 1 aliphatic heterocycles. The van der Waals surface area contributed by atoms with Gasteiger partial charge in [-0.15, -0.1) is 12.4 Å². The van der Waals surface area contributed by atoms with Crippen molar-refractivity contribution in [2.75, 3.05) is 19.6 Å². The molecule has 0 unspecified atom stereocenters. The van der Waals surface area contributed by atoms with E-state index in [1.54, 1.807) is 4.90 Å². The highest BCUT2D eigenvalue weighted by atomic mass is 35.5. The van der Waals surface area contributed by atoms with E-state index < -0.39 is 20.7 Å². The molecule has 3 N–H and O–H groups in total. The summed E-state index contributed by atoms with van der Waals surface area (Å²) in [7, 11) is -3.94. The summed E-state index contributed by atoms with van der Waals surface area (Å²) in [5, 5.41) is 0. The molecule has 124 valence electrons. The molecule has 1 amide bonds. The lowest BCUT2D eigenvalue weighted by atomic mass is 10.3. The van der Waals surface area contributed by atoms with Crippen LogP contribution in [0.25, 0.3) is 0 Å². The van der Waals surface area contributed by atoms with E-state index >= 15 is 0 Å². The van der Waals surface area contributed by atoms with Crippen molar-refractivity contribution in [3.05, 3.63) is 30.1 Å². The Hall–Kier alpha value is -1.22. The van der Waals surface area contributed by atoms with Crippen LogP contribution in [0.4, 0.5) is 4.39 Å². The standard InChI is InChI=1S/C13H18FN3O3S.ClH/c14-11-3-1-2-4-12(11)21(19,20)16-7-5-13(18)17-8-6-10(15)9-17;/h1-4,10,16H,5-9,15H2;1H/t10-;/m1./s1. The van der Waals surface area contributed by atoms with Crippen LogP contribution >= 0.6 is 12.4 Å². The summed E-state index contributed by atoms with van der Waals surface area (Å²) in [6, 6.07) is 5.09. The molecule has 1 fully saturated rings. The minimum Gasteiger partial charge on any atom is -0.341 e. The lowest BCUT2D eigenvalue weighted by molar-refractivity contribution is -0.130. The summed E-state index contributed by atoms with van der Waals surface area (Å²) in [5.74, 6) is -0.971. The first-order chi connectivity index (χ1) is 9.90. The Balaban J connectivity index is 0.00000242. The number of carbonyl (C=O) groups is 1. The summed E-state index contributed by atoms with van der Waals surface area (Å²) in [4.78, 5) is 13.0. The maximum Gasteiger partial charge on any atom is 0.243 e. The van der Waals surface area contributed by atoms with Crippen LogP contribution in [0.15, 0.2) is 29.2 Å². The smallest absolute Gasteiger partial charge is 0.243 e. The topological polar surface area (TPSA) is 92.5 Å². The minimum absolute atomic E-state index is 0. The minimum atomic E-state index is -3.94. The van der Waals surface area contributed by atoms with Crippen LogP contribution in [-0.4, -0.2) is 44.9 Å². The summed E-state index contributed by atoms with van der Waals surface area (Å²) in [5.41, 5.74) is 5.71. The fourth-order valence-electron chi connectivity index (χ4n) is 2.20. The van der Waals surface area contributed by atoms with Gasteiger partial charge in [-0.2, -0.15) is 0 Å². The van der Waals surface area contributed by atoms with Crippen molar-refractivity contribution in [2.45, 2.75) is 23.8 Å². The Labute approximate surface area is 135 Å². The number of nitrogens with one attached hydrogen (secondary N) is 1. The number of benzene rings is 1. The van der Waals surface area contributed by atoms with Crippen LogP contribution in [0.5, 0.6) is 0 Å². The number of hydrogen-bond donors (Lipinski definition) is 2. The number of rotatable bonds is 5. The quantitative estimate of drug-likeness (QED) is 0.806. The molecule has 1 saturated heterocycles. The van der Waals surface area contributed by atoms with Crippen LogP contribution in [0.1, 0.15) is 12.8 Å². The van der Waals surface area contributed by atoms with Crippen LogP contribution < -0.4 is 10.5 Å². The lowest BCUT2D eigenvalue weighted by Crippen LogP contribution is -2.35. The third-order valence-electron chi connectivity index (χ3n) is 3.33. The van der Waals surface area contributed by atoms with Gasteiger partial charge in [-0.05, 0) is 18.6 Å². The van der Waals surface area contributed by atoms with E-state index in [2.05, 4.69) is 4.72 Å². The fraction of sp³-hybridized carbons (Fsp3) is 0.462. The molecule has 0 bridgehead atoms. The first kappa shape index (κ1) is 18.8. The van der Waals surface area contributed by atoms with Gasteiger partial charge in [0.1, 0.15) is 10.7 Å². The van der Waals surface area contributed by atoms with Crippen molar-refractivity contribution in [3.8, 4) is 0 Å². The third-order valence-corrected chi connectivity index (χ3v) is 4.83. The van der Waals surface area contributed by atoms with Gasteiger partial charge in [0.05, 0.1) is 0 Å². The molecular weight excluding hydrogens is 333 g/mol. The Morgan fingerprint density at radius 3 is 2.68 bits per heavy atom. The van der Waals surface area contributed by atoms with Gasteiger partial charge >= 0.3 is 0 Å². The second kappa shape index (κ2) is 7.87. The molecule has 0 saturated carbocycles. The summed E-state index contributed by atoms with van der Waals surface area (Å²) >= 11 is 0. The zero-order valence-corrected chi connectivity index (χ0v) is 13.5. The number of likely N-dealkylation sites (tertiary alicyclic amines) is 1. The molecule has 9 heteroatoms. The SMILES string of the molecule is Cl.N[C@@H]1CCN(C(=O)CCNS(=O)(=O)c2ccccc2F)C1. The number of nitrogens with two attached hydrogens (primary N) is 1. The van der Waals surface area contributed by atoms with E-state index in [-0.39, 0.29) is 37.3 Å². The normalized spacial score (nSPS) is 18.1. The van der Waals surface area contributed by atoms with Crippen molar-refractivity contribution in [1.29, 1.82) is 0 Å². The average Bonchev–Trinajstić information content (AvgIpc) is 2.85. The second-order valence-electron chi connectivity index (χ2n) is 4.97. The zero-order chi connectivity index (χ0) is 15.5. The first-order valence-corrected chi connectivity index (χ1v) is 8.16. The van der Waals surface area contributed by atoms with Gasteiger partial charge in [-0.1, -0.05) is 12.1 Å². The number of carbonyl (C=O) groups excluding carboxylic acids is 1. The van der Waals surface area contributed by atoms with Gasteiger partial charge in [-0.25, -0.2) is 17.5 Å². The van der Waals surface area contributed by atoms with Gasteiger partial charge in [0.25, 0.3) is 0 Å². The van der Waals surface area contributed by atoms with Gasteiger partial charge < -0.3 is 10.6 Å². The third kappa shape index (κ3) is 4.64. The van der Waals surface area contributed by atoms with E-state index in [0.29, 0.717) is 13.1 Å². The van der Waals surface area contributed by atoms with Gasteiger partial charge in [0.15, 0.2) is 0 Å². The molecule has 1 heterocycles. The summed E-state index contributed by atoms with van der Waals surface area (Å²) in [6.07, 6.45) is 0.785. The van der Waals surface area contributed by atoms with E-state index in [9.17, 15) is 17.6 Å². The molecule has 22 heavy (non-hydrogen) atoms. The Kier molecular flexibility index (Phi) is 6.73. The Morgan fingerprint density at radius 1 is 1.41 bits per heavy atom. The lowest BCUT2D eigenvalue weighted by Gasteiger charge is -2.15. The molecule has 2 rings (SSSR count). The molecule has 1 aromatic rings. The van der Waals surface area contributed by atoms with Crippen LogP contribution in [0.3, 0.4) is 0 Å². The maximum atomic E-state index is 13.5. The van der Waals surface area contributed by atoms with Crippen LogP contribution in [-0.2, 0) is 14.8 Å². The number of nitrogens with zero attached hydrogens (tertiary/aromatic N) is 1. The van der Waals surface area contributed by atoms with E-state index in [4.69, 9.17) is 5.73 Å². The number of halogens is 2. The Morgan fingerprint density at radius 2 is 2.09 bits per heavy atom. The maximum absolute atomic E-state index is 13.5. The van der Waals surface area contributed by atoms with Crippen LogP contribution in [0, 0.1) is 5.82 Å². The molecule has 6 nitrogen and oxygen atoms in total. The van der Waals surface area contributed by atoms with E-state index in [0.717, 1.165) is 12.5 Å². The predicted octanol–water partition coefficient (Wildman–Crippen LogP) is 0.476. The largest absolute Gasteiger partial charge is 0.341 e. The van der Waals surface area contributed by atoms with Gasteiger partial charge in [0.2, 0.25) is 15.9 Å². The highest BCUT2D eigenvalue weighted by Gasteiger charge is 2.24. The monoisotopic (exact) mass is 351 g/mol. The fourth-order valence-corrected chi connectivity index (χ4v) is 3.31. The predicted molar refractivity (Wildman–Crippen MR) is 82.6 cm³/mol. The van der Waals surface area contributed by atoms with E-state index in [1.165, 1.54) is 18.2 Å². The molecule has 1 aromatic carbocycles. The zero-order valence-electron chi connectivity index (χ0n) is 11.9. The number of hydrogen-bond acceptors (Lipinski definition) is 4. The van der Waals surface area contributed by atoms with Crippen molar-refractivity contribution < 1.29 is 17.6 Å². The van der Waals surface area contributed by atoms with Crippen molar-refractivity contribution in [3.63, 3.8) is 0 Å². The summed E-state index contributed by atoms with van der Waals surface area (Å²) < 4.78 is 39.5. The van der Waals surface area contributed by atoms with Crippen LogP contribution in [0.2, 0.25) is 0 Å². The number of sulfonamides is 1. The van der Waals surface area contributed by atoms with E-state index in [1.807, 2.05) is 0 Å². The molecule has 1 aliphatic rings.